The number of aryl methyl sites for hydroxylation is 1. The minimum atomic E-state index is 0.406. The predicted octanol–water partition coefficient (Wildman–Crippen LogP) is 3.49. The van der Waals surface area contributed by atoms with Gasteiger partial charge in [-0.05, 0) is 48.1 Å². The normalized spacial score (nSPS) is 21.5. The SMILES string of the molecule is CCn1cc2c(n1)[C@@H](COCC1CC1)CN(Cc1ccsc1)C2. The van der Waals surface area contributed by atoms with Crippen LogP contribution in [-0.2, 0) is 24.4 Å². The Morgan fingerprint density at radius 3 is 3.00 bits per heavy atom. The molecule has 2 aromatic rings. The average Bonchev–Trinajstić information content (AvgIpc) is 3.06. The van der Waals surface area contributed by atoms with Crippen LogP contribution in [0.3, 0.4) is 0 Å². The van der Waals surface area contributed by atoms with Crippen molar-refractivity contribution in [1.82, 2.24) is 14.7 Å². The Balaban J connectivity index is 1.46. The lowest BCUT2D eigenvalue weighted by molar-refractivity contribution is 0.0881. The zero-order valence-electron chi connectivity index (χ0n) is 13.8. The molecule has 0 unspecified atom stereocenters. The number of nitrogens with zero attached hydrogens (tertiary/aromatic N) is 3. The van der Waals surface area contributed by atoms with E-state index in [0.29, 0.717) is 5.92 Å². The fraction of sp³-hybridized carbons (Fsp3) is 0.611. The van der Waals surface area contributed by atoms with Gasteiger partial charge in [0, 0.05) is 50.5 Å². The lowest BCUT2D eigenvalue weighted by Crippen LogP contribution is -2.34. The fourth-order valence-electron chi connectivity index (χ4n) is 3.36. The van der Waals surface area contributed by atoms with Gasteiger partial charge >= 0.3 is 0 Å². The molecule has 2 aliphatic rings. The van der Waals surface area contributed by atoms with Gasteiger partial charge in [-0.25, -0.2) is 0 Å². The van der Waals surface area contributed by atoms with Gasteiger partial charge in [0.2, 0.25) is 0 Å². The Bertz CT molecular complexity index is 633. The molecule has 0 amide bonds. The Morgan fingerprint density at radius 2 is 2.26 bits per heavy atom. The summed E-state index contributed by atoms with van der Waals surface area (Å²) < 4.78 is 8.08. The van der Waals surface area contributed by atoms with E-state index < -0.39 is 0 Å². The first-order valence-electron chi connectivity index (χ1n) is 8.69. The lowest BCUT2D eigenvalue weighted by Gasteiger charge is -2.31. The second-order valence-electron chi connectivity index (χ2n) is 6.87. The van der Waals surface area contributed by atoms with Crippen LogP contribution in [0.15, 0.2) is 23.0 Å². The number of rotatable bonds is 7. The van der Waals surface area contributed by atoms with Crippen LogP contribution in [0.2, 0.25) is 0 Å². The first-order valence-corrected chi connectivity index (χ1v) is 9.63. The highest BCUT2D eigenvalue weighted by Gasteiger charge is 2.29. The summed E-state index contributed by atoms with van der Waals surface area (Å²) >= 11 is 1.78. The average molecular weight is 331 g/mol. The van der Waals surface area contributed by atoms with E-state index in [2.05, 4.69) is 39.5 Å². The molecule has 1 aliphatic heterocycles. The molecular weight excluding hydrogens is 306 g/mol. The predicted molar refractivity (Wildman–Crippen MR) is 92.6 cm³/mol. The highest BCUT2D eigenvalue weighted by Crippen LogP contribution is 2.31. The number of ether oxygens (including phenoxy) is 1. The van der Waals surface area contributed by atoms with Crippen molar-refractivity contribution >= 4 is 11.3 Å². The molecule has 2 aromatic heterocycles. The van der Waals surface area contributed by atoms with Crippen molar-refractivity contribution in [2.75, 3.05) is 19.8 Å². The third-order valence-corrected chi connectivity index (χ3v) is 5.54. The minimum absolute atomic E-state index is 0.406. The first-order chi connectivity index (χ1) is 11.3. The lowest BCUT2D eigenvalue weighted by atomic mass is 9.97. The monoisotopic (exact) mass is 331 g/mol. The second-order valence-corrected chi connectivity index (χ2v) is 7.65. The van der Waals surface area contributed by atoms with E-state index in [1.165, 1.54) is 29.7 Å². The summed E-state index contributed by atoms with van der Waals surface area (Å²) in [6, 6.07) is 2.23. The summed E-state index contributed by atoms with van der Waals surface area (Å²) in [5.74, 6) is 1.23. The number of thiophene rings is 1. The third-order valence-electron chi connectivity index (χ3n) is 4.81. The number of aromatic nitrogens is 2. The molecule has 1 fully saturated rings. The van der Waals surface area contributed by atoms with Crippen LogP contribution >= 0.6 is 11.3 Å². The van der Waals surface area contributed by atoms with Crippen LogP contribution < -0.4 is 0 Å². The van der Waals surface area contributed by atoms with Crippen LogP contribution in [0, 0.1) is 5.92 Å². The molecule has 5 heteroatoms. The van der Waals surface area contributed by atoms with Gasteiger partial charge in [-0.2, -0.15) is 16.4 Å². The molecule has 0 radical (unpaired) electrons. The zero-order valence-corrected chi connectivity index (χ0v) is 14.6. The molecule has 124 valence electrons. The van der Waals surface area contributed by atoms with E-state index in [-0.39, 0.29) is 0 Å². The smallest absolute Gasteiger partial charge is 0.0736 e. The van der Waals surface area contributed by atoms with Gasteiger partial charge in [-0.15, -0.1) is 0 Å². The van der Waals surface area contributed by atoms with Gasteiger partial charge in [0.05, 0.1) is 12.3 Å². The summed E-state index contributed by atoms with van der Waals surface area (Å²) in [7, 11) is 0. The number of fused-ring (bicyclic) bond motifs is 1. The summed E-state index contributed by atoms with van der Waals surface area (Å²) in [6.07, 6.45) is 4.93. The van der Waals surface area contributed by atoms with Gasteiger partial charge in [-0.1, -0.05) is 0 Å². The Morgan fingerprint density at radius 1 is 1.35 bits per heavy atom. The molecule has 1 aliphatic carbocycles. The van der Waals surface area contributed by atoms with Crippen LogP contribution in [0.4, 0.5) is 0 Å². The Labute approximate surface area is 142 Å². The highest BCUT2D eigenvalue weighted by molar-refractivity contribution is 7.07. The molecule has 1 atom stereocenters. The van der Waals surface area contributed by atoms with Crippen molar-refractivity contribution in [2.45, 2.75) is 45.3 Å². The number of hydrogen-bond acceptors (Lipinski definition) is 4. The molecule has 0 saturated heterocycles. The van der Waals surface area contributed by atoms with E-state index in [9.17, 15) is 0 Å². The van der Waals surface area contributed by atoms with Crippen LogP contribution in [0.25, 0.3) is 0 Å². The van der Waals surface area contributed by atoms with Crippen molar-refractivity contribution in [3.8, 4) is 0 Å². The van der Waals surface area contributed by atoms with Gasteiger partial charge < -0.3 is 4.74 Å². The van der Waals surface area contributed by atoms with Crippen molar-refractivity contribution in [3.63, 3.8) is 0 Å². The van der Waals surface area contributed by atoms with E-state index in [1.54, 1.807) is 11.3 Å². The molecule has 23 heavy (non-hydrogen) atoms. The second kappa shape index (κ2) is 6.75. The van der Waals surface area contributed by atoms with Gasteiger partial charge in [-0.3, -0.25) is 9.58 Å². The Kier molecular flexibility index (Phi) is 4.51. The molecule has 1 saturated carbocycles. The summed E-state index contributed by atoms with van der Waals surface area (Å²) in [6.45, 7) is 7.92. The van der Waals surface area contributed by atoms with Crippen molar-refractivity contribution in [2.24, 2.45) is 5.92 Å². The summed E-state index contributed by atoms with van der Waals surface area (Å²) in [4.78, 5) is 2.54. The quantitative estimate of drug-likeness (QED) is 0.778. The van der Waals surface area contributed by atoms with E-state index in [4.69, 9.17) is 9.84 Å². The van der Waals surface area contributed by atoms with E-state index >= 15 is 0 Å². The van der Waals surface area contributed by atoms with E-state index in [0.717, 1.165) is 45.3 Å². The molecule has 0 bridgehead atoms. The molecule has 0 aromatic carbocycles. The summed E-state index contributed by atoms with van der Waals surface area (Å²) in [5.41, 5.74) is 4.07. The molecule has 3 heterocycles. The topological polar surface area (TPSA) is 30.3 Å². The van der Waals surface area contributed by atoms with Crippen molar-refractivity contribution in [1.29, 1.82) is 0 Å². The van der Waals surface area contributed by atoms with Crippen molar-refractivity contribution < 1.29 is 4.74 Å². The largest absolute Gasteiger partial charge is 0.380 e. The maximum Gasteiger partial charge on any atom is 0.0736 e. The molecule has 4 nitrogen and oxygen atoms in total. The molecular formula is C18H25N3OS. The maximum absolute atomic E-state index is 6.01. The molecule has 0 spiro atoms. The third kappa shape index (κ3) is 3.67. The van der Waals surface area contributed by atoms with Gasteiger partial charge in [0.15, 0.2) is 0 Å². The fourth-order valence-corrected chi connectivity index (χ4v) is 4.02. The zero-order chi connectivity index (χ0) is 15.6. The maximum atomic E-state index is 6.01. The van der Waals surface area contributed by atoms with Crippen LogP contribution in [0.5, 0.6) is 0 Å². The Hall–Kier alpha value is -1.17. The minimum Gasteiger partial charge on any atom is -0.380 e. The molecule has 4 rings (SSSR count). The van der Waals surface area contributed by atoms with Crippen LogP contribution in [-0.4, -0.2) is 34.4 Å². The van der Waals surface area contributed by atoms with Gasteiger partial charge in [0.25, 0.3) is 0 Å². The van der Waals surface area contributed by atoms with Crippen molar-refractivity contribution in [3.05, 3.63) is 39.8 Å². The molecule has 0 N–H and O–H groups in total. The first kappa shape index (κ1) is 15.4. The summed E-state index contributed by atoms with van der Waals surface area (Å²) in [5, 5.41) is 9.22. The highest BCUT2D eigenvalue weighted by atomic mass is 32.1. The standard InChI is InChI=1S/C18H25N3OS/c1-2-21-10-16-8-20(7-15-5-6-23-13-15)9-17(18(16)19-21)12-22-11-14-3-4-14/h5-6,10,13-14,17H,2-4,7-9,11-12H2,1H3/t17-/m1/s1. The number of hydrogen-bond donors (Lipinski definition) is 0. The van der Waals surface area contributed by atoms with Crippen LogP contribution in [0.1, 0.15) is 42.5 Å². The van der Waals surface area contributed by atoms with Gasteiger partial charge in [0.1, 0.15) is 0 Å². The van der Waals surface area contributed by atoms with E-state index in [1.807, 2.05) is 0 Å².